The summed E-state index contributed by atoms with van der Waals surface area (Å²) in [6.07, 6.45) is 5.50. The molecule has 0 saturated heterocycles. The smallest absolute Gasteiger partial charge is 0.306 e. The van der Waals surface area contributed by atoms with E-state index in [9.17, 15) is 48.1 Å². The van der Waals surface area contributed by atoms with Crippen molar-refractivity contribution in [1.29, 1.82) is 0 Å². The Labute approximate surface area is 386 Å². The number of ether oxygens (including phenoxy) is 1. The summed E-state index contributed by atoms with van der Waals surface area (Å²) in [6, 6.07) is 10.9. The normalized spacial score (nSPS) is 13.2. The predicted octanol–water partition coefficient (Wildman–Crippen LogP) is 2.54. The summed E-state index contributed by atoms with van der Waals surface area (Å²) in [7, 11) is -13.1. The van der Waals surface area contributed by atoms with E-state index in [0.29, 0.717) is 24.1 Å². The molecule has 65 heavy (non-hydrogen) atoms. The van der Waals surface area contributed by atoms with Gasteiger partial charge in [0.2, 0.25) is 0 Å². The highest BCUT2D eigenvalue weighted by molar-refractivity contribution is 7.86. The molecule has 0 saturated carbocycles. The second-order valence-corrected chi connectivity index (χ2v) is 22.7. The number of carbonyl (C=O) groups is 3. The highest BCUT2D eigenvalue weighted by atomic mass is 32.2. The summed E-state index contributed by atoms with van der Waals surface area (Å²) in [5, 5.41) is 9.12. The van der Waals surface area contributed by atoms with Crippen molar-refractivity contribution in [2.24, 2.45) is 5.73 Å². The van der Waals surface area contributed by atoms with Gasteiger partial charge in [-0.3, -0.25) is 26.3 Å². The summed E-state index contributed by atoms with van der Waals surface area (Å²) in [5.74, 6) is -1.96. The molecule has 25 heteroatoms. The SMILES string of the molecule is Cc1ccc(N(CCOS(C)(=O)=O)CCOS(C)(=O)=O)cc1C(CC[B]C=O)CC(=O)OC(C)(C)C.Cc1ccc(N(CCOS(C)(=O)=O)CCOS(C)(=O)=O)cc1C(CN)CC(=O)O. The number of aryl methyl sites for hydroxylation is 2. The molecule has 0 aliphatic rings. The van der Waals surface area contributed by atoms with Gasteiger partial charge in [0.05, 0.1) is 70.5 Å². The van der Waals surface area contributed by atoms with Gasteiger partial charge in [-0.25, -0.2) is 0 Å². The highest BCUT2D eigenvalue weighted by Crippen LogP contribution is 2.33. The fourth-order valence-corrected chi connectivity index (χ4v) is 7.82. The van der Waals surface area contributed by atoms with E-state index in [1.807, 2.05) is 32.0 Å². The topological polar surface area (TPSA) is 287 Å². The molecule has 0 aliphatic carbocycles. The number of benzene rings is 2. The lowest BCUT2D eigenvalue weighted by Crippen LogP contribution is -2.32. The average Bonchev–Trinajstić information content (AvgIpc) is 3.13. The number of carboxylic acids is 1. The van der Waals surface area contributed by atoms with Crippen LogP contribution in [-0.2, 0) is 76.3 Å². The van der Waals surface area contributed by atoms with E-state index in [2.05, 4.69) is 0 Å². The Morgan fingerprint density at radius 1 is 0.677 bits per heavy atom. The van der Waals surface area contributed by atoms with Crippen LogP contribution in [-0.4, -0.2) is 154 Å². The van der Waals surface area contributed by atoms with Crippen molar-refractivity contribution in [3.05, 3.63) is 58.7 Å². The molecular weight excluding hydrogens is 934 g/mol. The minimum atomic E-state index is -3.65. The van der Waals surface area contributed by atoms with E-state index in [-0.39, 0.29) is 83.9 Å². The van der Waals surface area contributed by atoms with E-state index in [4.69, 9.17) is 32.3 Å². The van der Waals surface area contributed by atoms with Gasteiger partial charge in [0.1, 0.15) is 5.60 Å². The van der Waals surface area contributed by atoms with E-state index < -0.39 is 58.0 Å². The Morgan fingerprint density at radius 2 is 1.05 bits per heavy atom. The molecule has 0 spiro atoms. The molecule has 2 atom stereocenters. The number of hydrogen-bond acceptors (Lipinski definition) is 19. The number of rotatable bonds is 29. The maximum atomic E-state index is 12.6. The molecule has 0 aromatic heterocycles. The Hall–Kier alpha value is -3.69. The van der Waals surface area contributed by atoms with Crippen LogP contribution in [0.2, 0.25) is 6.32 Å². The van der Waals surface area contributed by atoms with Gasteiger partial charge in [0.25, 0.3) is 40.5 Å². The fourth-order valence-electron chi connectivity index (χ4n) is 6.31. The van der Waals surface area contributed by atoms with Gasteiger partial charge in [-0.15, -0.1) is 0 Å². The third-order valence-corrected chi connectivity index (χ3v) is 11.5. The van der Waals surface area contributed by atoms with Gasteiger partial charge < -0.3 is 30.2 Å². The van der Waals surface area contributed by atoms with Crippen molar-refractivity contribution in [3.63, 3.8) is 0 Å². The number of hydrogen-bond donors (Lipinski definition) is 2. The van der Waals surface area contributed by atoms with Crippen molar-refractivity contribution in [1.82, 2.24) is 0 Å². The molecule has 369 valence electrons. The number of anilines is 2. The summed E-state index contributed by atoms with van der Waals surface area (Å²) in [4.78, 5) is 38.0. The van der Waals surface area contributed by atoms with Crippen LogP contribution in [0.5, 0.6) is 0 Å². The van der Waals surface area contributed by atoms with Gasteiger partial charge >= 0.3 is 11.9 Å². The number of nitrogens with zero attached hydrogens (tertiary/aromatic N) is 2. The molecule has 20 nitrogen and oxygen atoms in total. The third kappa shape index (κ3) is 27.5. The second-order valence-electron chi connectivity index (χ2n) is 16.1. The first-order chi connectivity index (χ1) is 29.8. The molecule has 2 unspecified atom stereocenters. The quantitative estimate of drug-likeness (QED) is 0.0389. The van der Waals surface area contributed by atoms with Crippen molar-refractivity contribution in [2.75, 3.05) is 94.0 Å². The largest absolute Gasteiger partial charge is 0.481 e. The van der Waals surface area contributed by atoms with E-state index in [1.165, 1.54) is 7.28 Å². The molecule has 2 rings (SSSR count). The van der Waals surface area contributed by atoms with Gasteiger partial charge in [-0.05, 0) is 93.6 Å². The van der Waals surface area contributed by atoms with Crippen LogP contribution in [0.3, 0.4) is 0 Å². The minimum Gasteiger partial charge on any atom is -0.481 e. The molecule has 0 fully saturated rings. The molecule has 0 bridgehead atoms. The summed E-state index contributed by atoms with van der Waals surface area (Å²) in [6.45, 7) is 9.30. The van der Waals surface area contributed by atoms with Crippen molar-refractivity contribution in [2.45, 2.75) is 77.6 Å². The number of aliphatic carboxylic acids is 1. The summed E-state index contributed by atoms with van der Waals surface area (Å²) < 4.78 is 115. The average molecular weight is 999 g/mol. The minimum absolute atomic E-state index is 0.114. The zero-order valence-corrected chi connectivity index (χ0v) is 41.8. The van der Waals surface area contributed by atoms with Crippen LogP contribution >= 0.6 is 0 Å². The first-order valence-corrected chi connectivity index (χ1v) is 27.6. The van der Waals surface area contributed by atoms with Crippen LogP contribution in [0.15, 0.2) is 36.4 Å². The van der Waals surface area contributed by atoms with E-state index in [0.717, 1.165) is 53.5 Å². The van der Waals surface area contributed by atoms with Crippen LogP contribution < -0.4 is 15.5 Å². The lowest BCUT2D eigenvalue weighted by atomic mass is 9.72. The molecule has 0 amide bonds. The number of carboxylic acid groups (broad SMARTS) is 1. The first kappa shape index (κ1) is 59.3. The van der Waals surface area contributed by atoms with Gasteiger partial charge in [-0.2, -0.15) is 33.7 Å². The van der Waals surface area contributed by atoms with Gasteiger partial charge in [0.15, 0.2) is 7.28 Å². The Kier molecular flexibility index (Phi) is 24.8. The third-order valence-electron chi connectivity index (χ3n) is 9.09. The lowest BCUT2D eigenvalue weighted by molar-refractivity contribution is -0.155. The van der Waals surface area contributed by atoms with E-state index >= 15 is 0 Å². The van der Waals surface area contributed by atoms with Crippen LogP contribution in [0.25, 0.3) is 0 Å². The maximum absolute atomic E-state index is 12.6. The van der Waals surface area contributed by atoms with E-state index in [1.54, 1.807) is 48.8 Å². The van der Waals surface area contributed by atoms with Gasteiger partial charge in [-0.1, -0.05) is 24.9 Å². The predicted molar refractivity (Wildman–Crippen MR) is 249 cm³/mol. The summed E-state index contributed by atoms with van der Waals surface area (Å²) in [5.41, 5.74) is 9.86. The molecule has 0 aliphatic heterocycles. The molecular formula is C40H65BN3O17S4. The van der Waals surface area contributed by atoms with Gasteiger partial charge in [0, 0.05) is 43.5 Å². The van der Waals surface area contributed by atoms with Crippen molar-refractivity contribution in [3.8, 4) is 0 Å². The molecule has 0 heterocycles. The highest BCUT2D eigenvalue weighted by Gasteiger charge is 2.24. The zero-order valence-electron chi connectivity index (χ0n) is 38.5. The Morgan fingerprint density at radius 3 is 1.35 bits per heavy atom. The van der Waals surface area contributed by atoms with Crippen LogP contribution in [0.1, 0.15) is 74.1 Å². The molecule has 3 N–H and O–H groups in total. The maximum Gasteiger partial charge on any atom is 0.306 e. The number of esters is 1. The molecule has 2 aromatic carbocycles. The first-order valence-electron chi connectivity index (χ1n) is 20.3. The Balaban J connectivity index is 0.000000665. The number of nitrogens with two attached hydrogens (primary N) is 1. The van der Waals surface area contributed by atoms with Crippen LogP contribution in [0.4, 0.5) is 11.4 Å². The molecule has 2 aromatic rings. The summed E-state index contributed by atoms with van der Waals surface area (Å²) >= 11 is 0. The van der Waals surface area contributed by atoms with Crippen molar-refractivity contribution >= 4 is 77.3 Å². The fraction of sp³-hybridized carbons (Fsp3) is 0.625. The molecule has 1 radical (unpaired) electrons. The standard InChI is InChI=1S/C23H37BNO9S2.C17H28N2O8S2/c1-18-7-8-20(25(11-13-32-35(5,28)29)12-14-33-36(6,30)31)16-21(18)19(9-10-24-17-26)15-22(27)34-23(2,3)4;1-13-4-5-15(11-16(13)14(12-18)10-17(20)21)19(6-8-26-28(2,22)23)7-9-27-29(3,24)25/h7-8,16-17,19H,9-15H2,1-6H3;4-5,11,14H,6-10,12,18H2,1-3H3,(H,20,21). The zero-order chi connectivity index (χ0) is 49.8. The number of carbonyl (C=O) groups excluding carboxylic acids is 2. The Bertz CT molecular complexity index is 2230. The second kappa shape index (κ2) is 27.2. The van der Waals surface area contributed by atoms with Crippen molar-refractivity contribution < 1.29 is 74.6 Å². The van der Waals surface area contributed by atoms with Crippen LogP contribution in [0, 0.1) is 13.8 Å². The monoisotopic (exact) mass is 998 g/mol. The lowest BCUT2D eigenvalue weighted by Gasteiger charge is -2.27.